The maximum atomic E-state index is 6.63. The van der Waals surface area contributed by atoms with Gasteiger partial charge in [0.15, 0.2) is 0 Å². The topological polar surface area (TPSA) is 26.0 Å². The Balaban J connectivity index is 2.06. The Labute approximate surface area is 105 Å². The molecule has 0 aromatic heterocycles. The average Bonchev–Trinajstić information content (AvgIpc) is 2.28. The van der Waals surface area contributed by atoms with Gasteiger partial charge >= 0.3 is 0 Å². The summed E-state index contributed by atoms with van der Waals surface area (Å²) in [6.45, 7) is 2.20. The second-order valence-electron chi connectivity index (χ2n) is 5.73. The molecule has 1 aromatic rings. The molecule has 0 unspecified atom stereocenters. The van der Waals surface area contributed by atoms with Crippen molar-refractivity contribution in [2.45, 2.75) is 63.8 Å². The Bertz CT molecular complexity index is 348. The lowest BCUT2D eigenvalue weighted by atomic mass is 9.79. The van der Waals surface area contributed by atoms with Crippen molar-refractivity contribution in [2.24, 2.45) is 5.73 Å². The summed E-state index contributed by atoms with van der Waals surface area (Å²) in [5.41, 5.74) is 9.51. The molecule has 1 heteroatoms. The highest BCUT2D eigenvalue weighted by molar-refractivity contribution is 5.27. The van der Waals surface area contributed by atoms with Crippen LogP contribution in [-0.4, -0.2) is 5.54 Å². The smallest absolute Gasteiger partial charge is 0.0195 e. The minimum Gasteiger partial charge on any atom is -0.325 e. The van der Waals surface area contributed by atoms with Crippen LogP contribution >= 0.6 is 0 Å². The van der Waals surface area contributed by atoms with E-state index in [0.29, 0.717) is 0 Å². The molecule has 1 fully saturated rings. The number of benzene rings is 1. The maximum Gasteiger partial charge on any atom is 0.0195 e. The summed E-state index contributed by atoms with van der Waals surface area (Å²) in [7, 11) is 0. The van der Waals surface area contributed by atoms with Crippen molar-refractivity contribution in [1.29, 1.82) is 0 Å². The van der Waals surface area contributed by atoms with E-state index in [1.807, 2.05) is 0 Å². The first kappa shape index (κ1) is 12.6. The number of hydrogen-bond donors (Lipinski definition) is 1. The Hall–Kier alpha value is -0.820. The number of rotatable bonds is 2. The van der Waals surface area contributed by atoms with Gasteiger partial charge in [0, 0.05) is 5.54 Å². The van der Waals surface area contributed by atoms with Crippen LogP contribution in [0.25, 0.3) is 0 Å². The molecule has 1 saturated carbocycles. The summed E-state index contributed by atoms with van der Waals surface area (Å²) in [5, 5.41) is 0. The van der Waals surface area contributed by atoms with E-state index in [2.05, 4.69) is 31.2 Å². The molecule has 1 aliphatic carbocycles. The predicted octanol–water partition coefficient (Wildman–Crippen LogP) is 3.98. The highest BCUT2D eigenvalue weighted by Gasteiger charge is 2.26. The van der Waals surface area contributed by atoms with Gasteiger partial charge in [-0.2, -0.15) is 0 Å². The zero-order valence-corrected chi connectivity index (χ0v) is 11.0. The zero-order valence-electron chi connectivity index (χ0n) is 11.0. The van der Waals surface area contributed by atoms with Crippen LogP contribution in [0.5, 0.6) is 0 Å². The normalized spacial score (nSPS) is 20.6. The van der Waals surface area contributed by atoms with Gasteiger partial charge in [0.25, 0.3) is 0 Å². The molecule has 0 spiro atoms. The zero-order chi connectivity index (χ0) is 12.1. The van der Waals surface area contributed by atoms with Crippen molar-refractivity contribution >= 4 is 0 Å². The van der Waals surface area contributed by atoms with Crippen LogP contribution in [0.3, 0.4) is 0 Å². The number of hydrogen-bond acceptors (Lipinski definition) is 1. The Morgan fingerprint density at radius 2 is 1.59 bits per heavy atom. The van der Waals surface area contributed by atoms with Crippen molar-refractivity contribution in [2.75, 3.05) is 0 Å². The molecule has 17 heavy (non-hydrogen) atoms. The third kappa shape index (κ3) is 3.57. The molecule has 2 rings (SSSR count). The van der Waals surface area contributed by atoms with Crippen LogP contribution in [0.4, 0.5) is 0 Å². The predicted molar refractivity (Wildman–Crippen MR) is 74.1 cm³/mol. The molecule has 0 aliphatic heterocycles. The van der Waals surface area contributed by atoms with Crippen molar-refractivity contribution in [3.05, 3.63) is 35.4 Å². The molecule has 0 amide bonds. The molecule has 1 aliphatic rings. The van der Waals surface area contributed by atoms with Crippen LogP contribution in [0.15, 0.2) is 24.3 Å². The van der Waals surface area contributed by atoms with Gasteiger partial charge in [0.2, 0.25) is 0 Å². The summed E-state index contributed by atoms with van der Waals surface area (Å²) in [6, 6.07) is 8.68. The van der Waals surface area contributed by atoms with Crippen LogP contribution in [0.2, 0.25) is 0 Å². The van der Waals surface area contributed by atoms with Gasteiger partial charge in [0.05, 0.1) is 0 Å². The van der Waals surface area contributed by atoms with E-state index in [9.17, 15) is 0 Å². The van der Waals surface area contributed by atoms with E-state index in [-0.39, 0.29) is 5.54 Å². The van der Waals surface area contributed by atoms with E-state index < -0.39 is 0 Å². The van der Waals surface area contributed by atoms with Gasteiger partial charge in [-0.25, -0.2) is 0 Å². The van der Waals surface area contributed by atoms with Crippen molar-refractivity contribution in [3.8, 4) is 0 Å². The van der Waals surface area contributed by atoms with Gasteiger partial charge in [-0.3, -0.25) is 0 Å². The molecule has 1 aromatic carbocycles. The van der Waals surface area contributed by atoms with Gasteiger partial charge < -0.3 is 5.73 Å². The Morgan fingerprint density at radius 3 is 2.24 bits per heavy atom. The summed E-state index contributed by atoms with van der Waals surface area (Å²) >= 11 is 0. The van der Waals surface area contributed by atoms with Gasteiger partial charge in [-0.15, -0.1) is 0 Å². The van der Waals surface area contributed by atoms with E-state index in [1.54, 1.807) is 0 Å². The van der Waals surface area contributed by atoms with Gasteiger partial charge in [-0.05, 0) is 37.3 Å². The summed E-state index contributed by atoms with van der Waals surface area (Å²) < 4.78 is 0. The third-order valence-electron chi connectivity index (χ3n) is 4.15. The standard InChI is InChI=1S/C16H25N/c1-14-9-5-6-10-15(14)13-16(17)11-7-3-2-4-8-12-16/h5-6,9-10H,2-4,7-8,11-13,17H2,1H3. The fourth-order valence-corrected chi connectivity index (χ4v) is 2.97. The summed E-state index contributed by atoms with van der Waals surface area (Å²) in [6.07, 6.45) is 10.2. The minimum absolute atomic E-state index is 0.0481. The van der Waals surface area contributed by atoms with E-state index >= 15 is 0 Å². The molecule has 94 valence electrons. The average molecular weight is 231 g/mol. The largest absolute Gasteiger partial charge is 0.325 e. The van der Waals surface area contributed by atoms with Crippen molar-refractivity contribution < 1.29 is 0 Å². The molecule has 0 atom stereocenters. The highest BCUT2D eigenvalue weighted by Crippen LogP contribution is 2.28. The lowest BCUT2D eigenvalue weighted by molar-refractivity contribution is 0.314. The highest BCUT2D eigenvalue weighted by atomic mass is 14.7. The van der Waals surface area contributed by atoms with Crippen molar-refractivity contribution in [1.82, 2.24) is 0 Å². The maximum absolute atomic E-state index is 6.63. The molecular weight excluding hydrogens is 206 g/mol. The molecule has 2 N–H and O–H groups in total. The molecule has 1 nitrogen and oxygen atoms in total. The number of aryl methyl sites for hydroxylation is 1. The second kappa shape index (κ2) is 5.68. The SMILES string of the molecule is Cc1ccccc1CC1(N)CCCCCCC1. The van der Waals surface area contributed by atoms with Crippen LogP contribution < -0.4 is 5.73 Å². The first-order chi connectivity index (χ1) is 8.20. The van der Waals surface area contributed by atoms with Crippen LogP contribution in [0.1, 0.15) is 56.1 Å². The molecule has 0 radical (unpaired) electrons. The molecule has 0 heterocycles. The molecule has 0 bridgehead atoms. The van der Waals surface area contributed by atoms with Crippen LogP contribution in [-0.2, 0) is 6.42 Å². The monoisotopic (exact) mass is 231 g/mol. The van der Waals surface area contributed by atoms with Gasteiger partial charge in [0.1, 0.15) is 0 Å². The van der Waals surface area contributed by atoms with Crippen LogP contribution in [0, 0.1) is 6.92 Å². The fourth-order valence-electron chi connectivity index (χ4n) is 2.97. The van der Waals surface area contributed by atoms with E-state index in [0.717, 1.165) is 6.42 Å². The second-order valence-corrected chi connectivity index (χ2v) is 5.73. The summed E-state index contributed by atoms with van der Waals surface area (Å²) in [4.78, 5) is 0. The third-order valence-corrected chi connectivity index (χ3v) is 4.15. The quantitative estimate of drug-likeness (QED) is 0.818. The molecular formula is C16H25N. The van der Waals surface area contributed by atoms with Crippen molar-refractivity contribution in [3.63, 3.8) is 0 Å². The summed E-state index contributed by atoms with van der Waals surface area (Å²) in [5.74, 6) is 0. The fraction of sp³-hybridized carbons (Fsp3) is 0.625. The lowest BCUT2D eigenvalue weighted by Crippen LogP contribution is -2.42. The Morgan fingerprint density at radius 1 is 1.00 bits per heavy atom. The lowest BCUT2D eigenvalue weighted by Gasteiger charge is -2.32. The molecule has 0 saturated heterocycles. The first-order valence-electron chi connectivity index (χ1n) is 7.03. The Kier molecular flexibility index (Phi) is 4.22. The minimum atomic E-state index is 0.0481. The van der Waals surface area contributed by atoms with E-state index in [4.69, 9.17) is 5.73 Å². The van der Waals surface area contributed by atoms with Gasteiger partial charge in [-0.1, -0.05) is 56.4 Å². The number of nitrogens with two attached hydrogens (primary N) is 1. The van der Waals surface area contributed by atoms with E-state index in [1.165, 1.54) is 56.1 Å². The first-order valence-corrected chi connectivity index (χ1v) is 7.03.